The number of rotatable bonds is 8. The minimum Gasteiger partial charge on any atom is -0.486 e. The van der Waals surface area contributed by atoms with Gasteiger partial charge in [-0.15, -0.1) is 0 Å². The van der Waals surface area contributed by atoms with Crippen LogP contribution in [0.25, 0.3) is 5.69 Å². The van der Waals surface area contributed by atoms with Gasteiger partial charge >= 0.3 is 5.97 Å². The number of carbonyl (C=O) groups is 3. The lowest BCUT2D eigenvalue weighted by Crippen LogP contribution is -2.32. The molecule has 2 aromatic carbocycles. The molecule has 36 heavy (non-hydrogen) atoms. The SMILES string of the molecule is Cc1c(NC(=O)C(C)OC(=O)CCC(=O)c2ccc3c(c2)OCCO3)c(=O)n(-c2ccccc2)n1C. The molecule has 0 saturated heterocycles. The van der Waals surface area contributed by atoms with Crippen LogP contribution in [-0.4, -0.2) is 46.3 Å². The van der Waals surface area contributed by atoms with E-state index in [4.69, 9.17) is 14.2 Å². The second-order valence-electron chi connectivity index (χ2n) is 8.34. The Bertz CT molecular complexity index is 1360. The van der Waals surface area contributed by atoms with Crippen LogP contribution >= 0.6 is 0 Å². The van der Waals surface area contributed by atoms with Gasteiger partial charge in [0.05, 0.1) is 17.8 Å². The zero-order chi connectivity index (χ0) is 25.8. The predicted octanol–water partition coefficient (Wildman–Crippen LogP) is 2.79. The van der Waals surface area contributed by atoms with Crippen LogP contribution in [0.15, 0.2) is 53.3 Å². The third-order valence-electron chi connectivity index (χ3n) is 5.90. The van der Waals surface area contributed by atoms with Crippen LogP contribution in [0.5, 0.6) is 11.5 Å². The van der Waals surface area contributed by atoms with Gasteiger partial charge in [0.25, 0.3) is 11.5 Å². The first-order valence-corrected chi connectivity index (χ1v) is 11.5. The van der Waals surface area contributed by atoms with Gasteiger partial charge in [0, 0.05) is 19.0 Å². The molecule has 188 valence electrons. The van der Waals surface area contributed by atoms with Gasteiger partial charge in [-0.1, -0.05) is 18.2 Å². The van der Waals surface area contributed by atoms with Crippen molar-refractivity contribution in [3.63, 3.8) is 0 Å². The van der Waals surface area contributed by atoms with Crippen LogP contribution in [0.4, 0.5) is 5.69 Å². The first-order chi connectivity index (χ1) is 17.3. The molecule has 2 heterocycles. The quantitative estimate of drug-likeness (QED) is 0.379. The number of aromatic nitrogens is 2. The van der Waals surface area contributed by atoms with Crippen LogP contribution < -0.4 is 20.3 Å². The van der Waals surface area contributed by atoms with Gasteiger partial charge in [-0.05, 0) is 44.2 Å². The molecule has 10 heteroatoms. The highest BCUT2D eigenvalue weighted by atomic mass is 16.6. The summed E-state index contributed by atoms with van der Waals surface area (Å²) in [6.07, 6.45) is -1.45. The molecular formula is C26H27N3O7. The van der Waals surface area contributed by atoms with Crippen molar-refractivity contribution in [1.82, 2.24) is 9.36 Å². The van der Waals surface area contributed by atoms with Crippen molar-refractivity contribution in [2.24, 2.45) is 7.05 Å². The largest absolute Gasteiger partial charge is 0.486 e. The molecular weight excluding hydrogens is 466 g/mol. The monoisotopic (exact) mass is 493 g/mol. The van der Waals surface area contributed by atoms with Gasteiger partial charge in [0.1, 0.15) is 18.9 Å². The van der Waals surface area contributed by atoms with Gasteiger partial charge in [0.2, 0.25) is 0 Å². The molecule has 1 aliphatic rings. The Morgan fingerprint density at radius 3 is 2.44 bits per heavy atom. The summed E-state index contributed by atoms with van der Waals surface area (Å²) in [5.74, 6) is -0.548. The number of nitrogens with one attached hydrogen (secondary N) is 1. The maximum atomic E-state index is 13.0. The van der Waals surface area contributed by atoms with E-state index < -0.39 is 23.5 Å². The number of benzene rings is 2. The summed E-state index contributed by atoms with van der Waals surface area (Å²) in [5, 5.41) is 2.57. The second-order valence-corrected chi connectivity index (χ2v) is 8.34. The molecule has 1 N–H and O–H groups in total. The van der Waals surface area contributed by atoms with Crippen LogP contribution in [0.1, 0.15) is 35.8 Å². The summed E-state index contributed by atoms with van der Waals surface area (Å²) in [6.45, 7) is 3.96. The fraction of sp³-hybridized carbons (Fsp3) is 0.308. The number of fused-ring (bicyclic) bond motifs is 1. The Balaban J connectivity index is 1.34. The summed E-state index contributed by atoms with van der Waals surface area (Å²) in [6, 6.07) is 13.9. The fourth-order valence-corrected chi connectivity index (χ4v) is 3.82. The highest BCUT2D eigenvalue weighted by molar-refractivity contribution is 5.99. The second kappa shape index (κ2) is 10.5. The Hall–Kier alpha value is -4.34. The highest BCUT2D eigenvalue weighted by Gasteiger charge is 2.24. The predicted molar refractivity (Wildman–Crippen MR) is 131 cm³/mol. The lowest BCUT2D eigenvalue weighted by atomic mass is 10.1. The number of ether oxygens (including phenoxy) is 3. The number of Topliss-reactive ketones (excluding diaryl/α,β-unsaturated/α-hetero) is 1. The zero-order valence-corrected chi connectivity index (χ0v) is 20.3. The molecule has 0 aliphatic carbocycles. The number of amides is 1. The van der Waals surface area contributed by atoms with E-state index in [1.807, 2.05) is 18.2 Å². The Morgan fingerprint density at radius 1 is 1.03 bits per heavy atom. The van der Waals surface area contributed by atoms with Crippen molar-refractivity contribution in [3.8, 4) is 17.2 Å². The van der Waals surface area contributed by atoms with Crippen molar-refractivity contribution in [1.29, 1.82) is 0 Å². The van der Waals surface area contributed by atoms with Crippen LogP contribution in [0.2, 0.25) is 0 Å². The highest BCUT2D eigenvalue weighted by Crippen LogP contribution is 2.31. The van der Waals surface area contributed by atoms with E-state index in [2.05, 4.69) is 5.32 Å². The number of carbonyl (C=O) groups excluding carboxylic acids is 3. The molecule has 3 aromatic rings. The van der Waals surface area contributed by atoms with E-state index in [0.29, 0.717) is 41.7 Å². The van der Waals surface area contributed by atoms with E-state index in [1.54, 1.807) is 49.0 Å². The normalized spacial score (nSPS) is 13.1. The Morgan fingerprint density at radius 2 is 1.72 bits per heavy atom. The maximum Gasteiger partial charge on any atom is 0.307 e. The molecule has 0 saturated carbocycles. The molecule has 4 rings (SSSR count). The van der Waals surface area contributed by atoms with Crippen molar-refractivity contribution in [2.45, 2.75) is 32.8 Å². The van der Waals surface area contributed by atoms with Crippen LogP contribution in [-0.2, 0) is 21.4 Å². The van der Waals surface area contributed by atoms with Gasteiger partial charge < -0.3 is 19.5 Å². The standard InChI is InChI=1S/C26H27N3O7/c1-16-24(26(33)29(28(16)3)19-7-5-4-6-8-19)27-25(32)17(2)36-23(31)12-10-20(30)18-9-11-21-22(15-18)35-14-13-34-21/h4-9,11,15,17H,10,12-14H2,1-3H3,(H,27,32). The molecule has 1 atom stereocenters. The van der Waals surface area contributed by atoms with E-state index in [0.717, 1.165) is 0 Å². The molecule has 1 aromatic heterocycles. The molecule has 1 amide bonds. The van der Waals surface area contributed by atoms with Crippen molar-refractivity contribution >= 4 is 23.3 Å². The van der Waals surface area contributed by atoms with E-state index in [9.17, 15) is 19.2 Å². The van der Waals surface area contributed by atoms with Crippen molar-refractivity contribution in [2.75, 3.05) is 18.5 Å². The van der Waals surface area contributed by atoms with E-state index in [-0.39, 0.29) is 24.3 Å². The Labute approximate surface area is 207 Å². The number of para-hydroxylation sites is 1. The Kier molecular flexibility index (Phi) is 7.23. The summed E-state index contributed by atoms with van der Waals surface area (Å²) in [4.78, 5) is 50.4. The molecule has 0 radical (unpaired) electrons. The number of hydrogen-bond donors (Lipinski definition) is 1. The molecule has 10 nitrogen and oxygen atoms in total. The maximum absolute atomic E-state index is 13.0. The topological polar surface area (TPSA) is 118 Å². The first-order valence-electron chi connectivity index (χ1n) is 11.5. The minimum atomic E-state index is -1.16. The lowest BCUT2D eigenvalue weighted by molar-refractivity contribution is -0.153. The number of ketones is 1. The van der Waals surface area contributed by atoms with Crippen LogP contribution in [0.3, 0.4) is 0 Å². The summed E-state index contributed by atoms with van der Waals surface area (Å²) in [7, 11) is 1.71. The summed E-state index contributed by atoms with van der Waals surface area (Å²) >= 11 is 0. The molecule has 0 fully saturated rings. The summed E-state index contributed by atoms with van der Waals surface area (Å²) < 4.78 is 19.2. The number of esters is 1. The molecule has 1 unspecified atom stereocenters. The smallest absolute Gasteiger partial charge is 0.307 e. The fourth-order valence-electron chi connectivity index (χ4n) is 3.82. The van der Waals surface area contributed by atoms with Crippen molar-refractivity contribution in [3.05, 3.63) is 70.1 Å². The number of hydrogen-bond acceptors (Lipinski definition) is 7. The number of anilines is 1. The average Bonchev–Trinajstić information content (AvgIpc) is 3.10. The molecule has 1 aliphatic heterocycles. The van der Waals surface area contributed by atoms with Gasteiger partial charge in [0.15, 0.2) is 23.4 Å². The lowest BCUT2D eigenvalue weighted by Gasteiger charge is -2.18. The third kappa shape index (κ3) is 5.17. The van der Waals surface area contributed by atoms with Crippen molar-refractivity contribution < 1.29 is 28.6 Å². The van der Waals surface area contributed by atoms with Crippen LogP contribution in [0, 0.1) is 6.92 Å². The molecule has 0 bridgehead atoms. The number of nitrogens with zero attached hydrogens (tertiary/aromatic N) is 2. The van der Waals surface area contributed by atoms with E-state index in [1.165, 1.54) is 11.6 Å². The van der Waals surface area contributed by atoms with E-state index >= 15 is 0 Å². The third-order valence-corrected chi connectivity index (χ3v) is 5.90. The first kappa shape index (κ1) is 24.8. The van der Waals surface area contributed by atoms with Gasteiger partial charge in [-0.3, -0.25) is 23.9 Å². The minimum absolute atomic E-state index is 0.0909. The zero-order valence-electron chi connectivity index (χ0n) is 20.3. The summed E-state index contributed by atoms with van der Waals surface area (Å²) in [5.41, 5.74) is 1.28. The molecule has 0 spiro atoms. The van der Waals surface area contributed by atoms with Gasteiger partial charge in [-0.2, -0.15) is 0 Å². The van der Waals surface area contributed by atoms with Gasteiger partial charge in [-0.25, -0.2) is 4.68 Å². The average molecular weight is 494 g/mol.